The number of halogens is 1. The largest absolute Gasteiger partial charge is 0.497 e. The average molecular weight is 271 g/mol. The second-order valence-corrected chi connectivity index (χ2v) is 4.11. The Hall–Kier alpha value is -2.62. The molecule has 0 aromatic heterocycles. The van der Waals surface area contributed by atoms with Gasteiger partial charge in [0, 0.05) is 11.8 Å². The van der Waals surface area contributed by atoms with E-state index in [4.69, 9.17) is 4.74 Å². The van der Waals surface area contributed by atoms with Crippen LogP contribution >= 0.6 is 0 Å². The van der Waals surface area contributed by atoms with Crippen LogP contribution in [0.3, 0.4) is 0 Å². The lowest BCUT2D eigenvalue weighted by atomic mass is 10.2. The van der Waals surface area contributed by atoms with E-state index in [2.05, 4.69) is 5.32 Å². The number of ether oxygens (including phenoxy) is 1. The zero-order chi connectivity index (χ0) is 14.4. The first-order valence-electron chi connectivity index (χ1n) is 6.06. The van der Waals surface area contributed by atoms with Crippen molar-refractivity contribution < 1.29 is 13.9 Å². The Morgan fingerprint density at radius 2 is 1.95 bits per heavy atom. The van der Waals surface area contributed by atoms with E-state index in [0.29, 0.717) is 11.3 Å². The van der Waals surface area contributed by atoms with Crippen LogP contribution in [0.15, 0.2) is 54.6 Å². The van der Waals surface area contributed by atoms with Crippen molar-refractivity contribution in [2.45, 2.75) is 0 Å². The zero-order valence-electron chi connectivity index (χ0n) is 11.0. The van der Waals surface area contributed by atoms with Gasteiger partial charge in [-0.1, -0.05) is 12.1 Å². The van der Waals surface area contributed by atoms with Crippen LogP contribution in [-0.4, -0.2) is 13.0 Å². The van der Waals surface area contributed by atoms with Gasteiger partial charge < -0.3 is 10.1 Å². The number of rotatable bonds is 4. The second kappa shape index (κ2) is 6.52. The zero-order valence-corrected chi connectivity index (χ0v) is 11.0. The standard InChI is InChI=1S/C16H14FNO2/c1-20-15-8-6-14(7-9-15)18-16(19)10-5-12-3-2-4-13(17)11-12/h2-11H,1H3,(H,18,19)/b10-5+. The Morgan fingerprint density at radius 1 is 1.20 bits per heavy atom. The van der Waals surface area contributed by atoms with E-state index < -0.39 is 0 Å². The van der Waals surface area contributed by atoms with Crippen molar-refractivity contribution >= 4 is 17.7 Å². The molecule has 0 radical (unpaired) electrons. The molecule has 2 rings (SSSR count). The highest BCUT2D eigenvalue weighted by molar-refractivity contribution is 6.01. The summed E-state index contributed by atoms with van der Waals surface area (Å²) in [4.78, 5) is 11.7. The lowest BCUT2D eigenvalue weighted by molar-refractivity contribution is -0.111. The van der Waals surface area contributed by atoms with Crippen LogP contribution in [0.5, 0.6) is 5.75 Å². The molecule has 2 aromatic carbocycles. The van der Waals surface area contributed by atoms with Gasteiger partial charge in [-0.3, -0.25) is 4.79 Å². The quantitative estimate of drug-likeness (QED) is 0.864. The Kier molecular flexibility index (Phi) is 4.50. The second-order valence-electron chi connectivity index (χ2n) is 4.11. The number of amides is 1. The third-order valence-corrected chi connectivity index (χ3v) is 2.63. The van der Waals surface area contributed by atoms with Crippen LogP contribution in [-0.2, 0) is 4.79 Å². The summed E-state index contributed by atoms with van der Waals surface area (Å²) in [5, 5.41) is 2.70. The maximum Gasteiger partial charge on any atom is 0.248 e. The SMILES string of the molecule is COc1ccc(NC(=O)/C=C/c2cccc(F)c2)cc1. The van der Waals surface area contributed by atoms with Gasteiger partial charge in [-0.05, 0) is 48.0 Å². The van der Waals surface area contributed by atoms with Gasteiger partial charge in [-0.2, -0.15) is 0 Å². The summed E-state index contributed by atoms with van der Waals surface area (Å²) in [7, 11) is 1.58. The van der Waals surface area contributed by atoms with Crippen molar-refractivity contribution in [2.75, 3.05) is 12.4 Å². The monoisotopic (exact) mass is 271 g/mol. The summed E-state index contributed by atoms with van der Waals surface area (Å²) in [6, 6.07) is 13.0. The minimum absolute atomic E-state index is 0.278. The Morgan fingerprint density at radius 3 is 2.60 bits per heavy atom. The minimum atomic E-state index is -0.331. The molecule has 0 fully saturated rings. The molecule has 0 atom stereocenters. The van der Waals surface area contributed by atoms with Gasteiger partial charge in [0.25, 0.3) is 0 Å². The maximum absolute atomic E-state index is 13.0. The number of hydrogen-bond acceptors (Lipinski definition) is 2. The smallest absolute Gasteiger partial charge is 0.248 e. The summed E-state index contributed by atoms with van der Waals surface area (Å²) in [5.41, 5.74) is 1.30. The van der Waals surface area contributed by atoms with Gasteiger partial charge >= 0.3 is 0 Å². The maximum atomic E-state index is 13.0. The molecule has 1 N–H and O–H groups in total. The molecule has 0 saturated heterocycles. The van der Waals surface area contributed by atoms with E-state index in [9.17, 15) is 9.18 Å². The van der Waals surface area contributed by atoms with Gasteiger partial charge in [0.15, 0.2) is 0 Å². The van der Waals surface area contributed by atoms with Crippen LogP contribution in [0.25, 0.3) is 6.08 Å². The predicted molar refractivity (Wildman–Crippen MR) is 77.1 cm³/mol. The molecule has 20 heavy (non-hydrogen) atoms. The fourth-order valence-electron chi connectivity index (χ4n) is 1.64. The Balaban J connectivity index is 1.98. The molecule has 0 bridgehead atoms. The molecule has 0 aliphatic rings. The van der Waals surface area contributed by atoms with Crippen molar-refractivity contribution in [2.24, 2.45) is 0 Å². The van der Waals surface area contributed by atoms with Crippen molar-refractivity contribution in [3.8, 4) is 5.75 Å². The first-order chi connectivity index (χ1) is 9.67. The van der Waals surface area contributed by atoms with Gasteiger partial charge in [0.1, 0.15) is 11.6 Å². The van der Waals surface area contributed by atoms with Crippen molar-refractivity contribution in [3.05, 3.63) is 66.0 Å². The molecule has 1 amide bonds. The highest BCUT2D eigenvalue weighted by atomic mass is 19.1. The molecule has 102 valence electrons. The number of hydrogen-bond donors (Lipinski definition) is 1. The third kappa shape index (κ3) is 3.95. The summed E-state index contributed by atoms with van der Waals surface area (Å²) >= 11 is 0. The number of carbonyl (C=O) groups is 1. The minimum Gasteiger partial charge on any atom is -0.497 e. The van der Waals surface area contributed by atoms with Crippen LogP contribution in [0.4, 0.5) is 10.1 Å². The van der Waals surface area contributed by atoms with E-state index in [1.165, 1.54) is 18.2 Å². The number of benzene rings is 2. The van der Waals surface area contributed by atoms with E-state index in [1.807, 2.05) is 0 Å². The van der Waals surface area contributed by atoms with Gasteiger partial charge in [0.2, 0.25) is 5.91 Å². The highest BCUT2D eigenvalue weighted by Gasteiger charge is 1.98. The molecule has 2 aromatic rings. The fourth-order valence-corrected chi connectivity index (χ4v) is 1.64. The lowest BCUT2D eigenvalue weighted by Crippen LogP contribution is -2.07. The van der Waals surface area contributed by atoms with E-state index in [0.717, 1.165) is 5.75 Å². The molecule has 0 aliphatic heterocycles. The summed E-state index contributed by atoms with van der Waals surface area (Å²) in [6.45, 7) is 0. The molecule has 0 heterocycles. The highest BCUT2D eigenvalue weighted by Crippen LogP contribution is 2.15. The normalized spacial score (nSPS) is 10.5. The average Bonchev–Trinajstić information content (AvgIpc) is 2.46. The molecule has 4 heteroatoms. The van der Waals surface area contributed by atoms with Crippen molar-refractivity contribution in [1.29, 1.82) is 0 Å². The third-order valence-electron chi connectivity index (χ3n) is 2.63. The lowest BCUT2D eigenvalue weighted by Gasteiger charge is -2.03. The van der Waals surface area contributed by atoms with Crippen molar-refractivity contribution in [3.63, 3.8) is 0 Å². The van der Waals surface area contributed by atoms with Gasteiger partial charge in [-0.25, -0.2) is 4.39 Å². The van der Waals surface area contributed by atoms with Gasteiger partial charge in [-0.15, -0.1) is 0 Å². The summed E-state index contributed by atoms with van der Waals surface area (Å²) in [5.74, 6) is 0.112. The van der Waals surface area contributed by atoms with E-state index in [-0.39, 0.29) is 11.7 Å². The number of methoxy groups -OCH3 is 1. The molecule has 0 aliphatic carbocycles. The molecular formula is C16H14FNO2. The number of anilines is 1. The first kappa shape index (κ1) is 13.8. The molecule has 0 spiro atoms. The van der Waals surface area contributed by atoms with Crippen LogP contribution in [0, 0.1) is 5.82 Å². The summed E-state index contributed by atoms with van der Waals surface area (Å²) < 4.78 is 18.0. The summed E-state index contributed by atoms with van der Waals surface area (Å²) in [6.07, 6.45) is 2.92. The first-order valence-corrected chi connectivity index (χ1v) is 6.06. The van der Waals surface area contributed by atoms with Crippen LogP contribution < -0.4 is 10.1 Å². The Bertz CT molecular complexity index is 621. The van der Waals surface area contributed by atoms with E-state index >= 15 is 0 Å². The number of carbonyl (C=O) groups excluding carboxylic acids is 1. The predicted octanol–water partition coefficient (Wildman–Crippen LogP) is 3.49. The van der Waals surface area contributed by atoms with Crippen molar-refractivity contribution in [1.82, 2.24) is 0 Å². The molecular weight excluding hydrogens is 257 g/mol. The van der Waals surface area contributed by atoms with Crippen LogP contribution in [0.2, 0.25) is 0 Å². The van der Waals surface area contributed by atoms with E-state index in [1.54, 1.807) is 49.6 Å². The topological polar surface area (TPSA) is 38.3 Å². The Labute approximate surface area is 116 Å². The molecule has 0 unspecified atom stereocenters. The fraction of sp³-hybridized carbons (Fsp3) is 0.0625. The number of nitrogens with one attached hydrogen (secondary N) is 1. The molecule has 0 saturated carbocycles. The molecule has 3 nitrogen and oxygen atoms in total. The van der Waals surface area contributed by atoms with Crippen LogP contribution in [0.1, 0.15) is 5.56 Å². The van der Waals surface area contributed by atoms with Gasteiger partial charge in [0.05, 0.1) is 7.11 Å².